The summed E-state index contributed by atoms with van der Waals surface area (Å²) in [4.78, 5) is 1.91. The van der Waals surface area contributed by atoms with Crippen LogP contribution in [0.3, 0.4) is 0 Å². The minimum atomic E-state index is -0.938. The van der Waals surface area contributed by atoms with E-state index in [2.05, 4.69) is 5.92 Å². The van der Waals surface area contributed by atoms with Crippen molar-refractivity contribution in [2.75, 3.05) is 20.2 Å². The molecule has 5 nitrogen and oxygen atoms in total. The Balaban J connectivity index is 1.77. The van der Waals surface area contributed by atoms with Gasteiger partial charge in [-0.25, -0.2) is 4.90 Å². The van der Waals surface area contributed by atoms with Gasteiger partial charge in [-0.15, -0.1) is 12.3 Å². The van der Waals surface area contributed by atoms with Gasteiger partial charge >= 0.3 is 0 Å². The van der Waals surface area contributed by atoms with Crippen LogP contribution >= 0.6 is 0 Å². The van der Waals surface area contributed by atoms with E-state index in [0.717, 1.165) is 32.4 Å². The number of nitrogens with zero attached hydrogens (tertiary/aromatic N) is 1. The predicted molar refractivity (Wildman–Crippen MR) is 83.2 cm³/mol. The van der Waals surface area contributed by atoms with E-state index < -0.39 is 12.7 Å². The van der Waals surface area contributed by atoms with Crippen molar-refractivity contribution >= 4 is 0 Å². The van der Waals surface area contributed by atoms with E-state index >= 15 is 0 Å². The first-order valence-corrected chi connectivity index (χ1v) is 7.75. The second-order valence-corrected chi connectivity index (χ2v) is 5.82. The lowest BCUT2D eigenvalue weighted by atomic mass is 9.94. The van der Waals surface area contributed by atoms with Crippen molar-refractivity contribution in [2.45, 2.75) is 38.4 Å². The number of terminal acetylenes is 1. The minimum absolute atomic E-state index is 0.0750. The Hall–Kier alpha value is -1.32. The number of aliphatic hydroxyl groups excluding tert-OH is 2. The molecule has 1 fully saturated rings. The molecule has 0 bridgehead atoms. The fraction of sp³-hybridized carbons (Fsp3) is 0.647. The zero-order valence-corrected chi connectivity index (χ0v) is 13.0. The van der Waals surface area contributed by atoms with E-state index in [1.165, 1.54) is 7.11 Å². The summed E-state index contributed by atoms with van der Waals surface area (Å²) < 4.78 is 10.5. The summed E-state index contributed by atoms with van der Waals surface area (Å²) in [5.41, 5.74) is 0. The number of aliphatic hydroxyl groups is 2. The number of ether oxygens (including phenoxy) is 2. The molecule has 0 aromatic heterocycles. The highest BCUT2D eigenvalue weighted by Gasteiger charge is 2.25. The van der Waals surface area contributed by atoms with Crippen LogP contribution in [0.25, 0.3) is 0 Å². The molecule has 1 heterocycles. The van der Waals surface area contributed by atoms with Crippen molar-refractivity contribution in [3.05, 3.63) is 24.0 Å². The van der Waals surface area contributed by atoms with E-state index in [4.69, 9.17) is 15.9 Å². The molecular weight excluding hydrogens is 282 g/mol. The molecule has 122 valence electrons. The van der Waals surface area contributed by atoms with Gasteiger partial charge in [-0.1, -0.05) is 6.08 Å². The van der Waals surface area contributed by atoms with E-state index in [1.54, 1.807) is 6.08 Å². The van der Waals surface area contributed by atoms with Crippen molar-refractivity contribution in [1.82, 2.24) is 4.90 Å². The minimum Gasteiger partial charge on any atom is -0.452 e. The van der Waals surface area contributed by atoms with Gasteiger partial charge in [0.05, 0.1) is 0 Å². The van der Waals surface area contributed by atoms with Crippen molar-refractivity contribution in [1.29, 1.82) is 0 Å². The summed E-state index contributed by atoms with van der Waals surface area (Å²) >= 11 is 0. The third kappa shape index (κ3) is 4.59. The molecular formula is C17H25NO4. The van der Waals surface area contributed by atoms with Crippen molar-refractivity contribution < 1.29 is 19.7 Å². The molecule has 0 unspecified atom stereocenters. The number of methoxy groups -OCH3 is 1. The van der Waals surface area contributed by atoms with Crippen LogP contribution in [0.15, 0.2) is 24.0 Å². The summed E-state index contributed by atoms with van der Waals surface area (Å²) in [6, 6.07) is 0. The molecule has 2 aliphatic rings. The first-order valence-electron chi connectivity index (χ1n) is 7.75. The van der Waals surface area contributed by atoms with E-state index in [9.17, 15) is 10.2 Å². The lowest BCUT2D eigenvalue weighted by molar-refractivity contribution is -0.175. The van der Waals surface area contributed by atoms with Crippen LogP contribution in [-0.4, -0.2) is 48.0 Å². The number of hydrogen-bond acceptors (Lipinski definition) is 5. The van der Waals surface area contributed by atoms with Crippen LogP contribution in [0.1, 0.15) is 25.7 Å². The number of allylic oxidation sites excluding steroid dienone is 2. The highest BCUT2D eigenvalue weighted by atomic mass is 16.6. The van der Waals surface area contributed by atoms with Gasteiger partial charge in [0.1, 0.15) is 5.76 Å². The van der Waals surface area contributed by atoms with Gasteiger partial charge in [-0.2, -0.15) is 0 Å². The van der Waals surface area contributed by atoms with Crippen LogP contribution in [0.4, 0.5) is 0 Å². The average Bonchev–Trinajstić information content (AvgIpc) is 2.55. The van der Waals surface area contributed by atoms with Crippen LogP contribution in [0.2, 0.25) is 0 Å². The zero-order valence-electron chi connectivity index (χ0n) is 13.0. The van der Waals surface area contributed by atoms with Crippen LogP contribution in [-0.2, 0) is 9.47 Å². The van der Waals surface area contributed by atoms with Crippen molar-refractivity contribution in [3.63, 3.8) is 0 Å². The molecule has 1 saturated heterocycles. The largest absolute Gasteiger partial charge is 0.452 e. The topological polar surface area (TPSA) is 62.2 Å². The number of piperidine rings is 1. The molecule has 5 heteroatoms. The average molecular weight is 307 g/mol. The molecule has 0 aromatic rings. The van der Waals surface area contributed by atoms with Gasteiger partial charge < -0.3 is 19.7 Å². The molecule has 2 rings (SSSR count). The Morgan fingerprint density at radius 3 is 2.68 bits per heavy atom. The molecule has 3 atom stereocenters. The van der Waals surface area contributed by atoms with E-state index in [-0.39, 0.29) is 5.92 Å². The summed E-state index contributed by atoms with van der Waals surface area (Å²) in [5.74, 6) is 3.81. The first-order chi connectivity index (χ1) is 10.6. The summed E-state index contributed by atoms with van der Waals surface area (Å²) in [6.07, 6.45) is 12.5. The van der Waals surface area contributed by atoms with Gasteiger partial charge in [-0.3, -0.25) is 0 Å². The van der Waals surface area contributed by atoms with E-state index in [0.29, 0.717) is 18.1 Å². The highest BCUT2D eigenvalue weighted by molar-refractivity contribution is 5.18. The summed E-state index contributed by atoms with van der Waals surface area (Å²) in [5, 5.41) is 19.8. The Morgan fingerprint density at radius 2 is 2.14 bits per heavy atom. The lowest BCUT2D eigenvalue weighted by Crippen LogP contribution is -2.42. The van der Waals surface area contributed by atoms with Gasteiger partial charge in [0.15, 0.2) is 6.29 Å². The van der Waals surface area contributed by atoms with Gasteiger partial charge in [-0.05, 0) is 37.3 Å². The maximum absolute atomic E-state index is 10.2. The molecule has 22 heavy (non-hydrogen) atoms. The molecule has 0 saturated carbocycles. The smallest absolute Gasteiger partial charge is 0.259 e. The second kappa shape index (κ2) is 8.35. The van der Waals surface area contributed by atoms with Crippen LogP contribution in [0, 0.1) is 24.2 Å². The zero-order chi connectivity index (χ0) is 15.9. The van der Waals surface area contributed by atoms with Gasteiger partial charge in [0.25, 0.3) is 6.41 Å². The van der Waals surface area contributed by atoms with E-state index in [1.807, 2.05) is 17.1 Å². The molecule has 0 amide bonds. The van der Waals surface area contributed by atoms with Crippen molar-refractivity contribution in [2.24, 2.45) is 11.8 Å². The number of likely N-dealkylation sites (tertiary alicyclic amines) is 1. The molecule has 1 aliphatic carbocycles. The second-order valence-electron chi connectivity index (χ2n) is 5.82. The van der Waals surface area contributed by atoms with Crippen molar-refractivity contribution in [3.8, 4) is 12.3 Å². The normalized spacial score (nSPS) is 26.1. The third-order valence-corrected chi connectivity index (χ3v) is 4.32. The maximum Gasteiger partial charge on any atom is 0.259 e. The fourth-order valence-electron chi connectivity index (χ4n) is 2.83. The molecule has 0 aromatic carbocycles. The number of hydrogen-bond donors (Lipinski definition) is 2. The molecule has 1 aliphatic heterocycles. The Morgan fingerprint density at radius 1 is 1.41 bits per heavy atom. The molecule has 0 radical (unpaired) electrons. The number of rotatable bonds is 6. The highest BCUT2D eigenvalue weighted by Crippen LogP contribution is 2.24. The lowest BCUT2D eigenvalue weighted by Gasteiger charge is -2.34. The monoisotopic (exact) mass is 307 g/mol. The van der Waals surface area contributed by atoms with Gasteiger partial charge in [0.2, 0.25) is 0 Å². The molecule has 0 spiro atoms. The quantitative estimate of drug-likeness (QED) is 0.574. The Labute approximate surface area is 132 Å². The maximum atomic E-state index is 10.2. The Bertz CT molecular complexity index is 446. The SMILES string of the molecule is C#CCC1CCN([C@@H](O)OC2=CC[C@H]([C@@H](O)OC)C=C2)CC1. The first kappa shape index (κ1) is 17.0. The fourth-order valence-corrected chi connectivity index (χ4v) is 2.83. The third-order valence-electron chi connectivity index (χ3n) is 4.32. The Kier molecular flexibility index (Phi) is 6.47. The molecule has 2 N–H and O–H groups in total. The van der Waals surface area contributed by atoms with Crippen LogP contribution in [0.5, 0.6) is 0 Å². The summed E-state index contributed by atoms with van der Waals surface area (Å²) in [7, 11) is 1.47. The standard InChI is InChI=1S/C17H25NO4/c1-3-4-13-9-11-18(12-10-13)17(20)22-15-7-5-14(6-8-15)16(19)21-2/h1,5,7-8,13-14,16-17,19-20H,4,6,9-12H2,2H3/t14-,16+,17+/m1/s1. The van der Waals surface area contributed by atoms with Gasteiger partial charge in [0, 0.05) is 32.5 Å². The predicted octanol–water partition coefficient (Wildman–Crippen LogP) is 1.44. The van der Waals surface area contributed by atoms with Crippen LogP contribution < -0.4 is 0 Å². The summed E-state index contributed by atoms with van der Waals surface area (Å²) in [6.45, 7) is 1.57.